The third kappa shape index (κ3) is 4.78. The van der Waals surface area contributed by atoms with Gasteiger partial charge in [0, 0.05) is 6.07 Å². The molecule has 0 bridgehead atoms. The van der Waals surface area contributed by atoms with Gasteiger partial charge in [-0.1, -0.05) is 19.9 Å². The molecule has 3 N–H and O–H groups in total. The van der Waals surface area contributed by atoms with Gasteiger partial charge in [-0.15, -0.1) is 0 Å². The van der Waals surface area contributed by atoms with Crippen LogP contribution in [-0.2, 0) is 6.18 Å². The van der Waals surface area contributed by atoms with E-state index in [0.29, 0.717) is 6.07 Å². The molecule has 0 radical (unpaired) electrons. The smallest absolute Gasteiger partial charge is 0.394 e. The van der Waals surface area contributed by atoms with Crippen LogP contribution in [0.3, 0.4) is 0 Å². The number of aliphatic hydroxyl groups is 1. The summed E-state index contributed by atoms with van der Waals surface area (Å²) in [5.41, 5.74) is -1.93. The Hall–Kier alpha value is -2.49. The molecular formula is C16H17F5N4O. The monoisotopic (exact) mass is 376 g/mol. The van der Waals surface area contributed by atoms with E-state index in [1.54, 1.807) is 13.8 Å². The van der Waals surface area contributed by atoms with Crippen molar-refractivity contribution in [2.24, 2.45) is 5.92 Å². The van der Waals surface area contributed by atoms with Crippen LogP contribution in [0, 0.1) is 17.6 Å². The zero-order valence-electron chi connectivity index (χ0n) is 13.9. The molecule has 5 nitrogen and oxygen atoms in total. The summed E-state index contributed by atoms with van der Waals surface area (Å²) in [6, 6.07) is 2.98. The lowest BCUT2D eigenvalue weighted by Crippen LogP contribution is -2.30. The Morgan fingerprint density at radius 3 is 2.23 bits per heavy atom. The number of nitrogens with one attached hydrogen (secondary N) is 2. The fraction of sp³-hybridized carbons (Fsp3) is 0.375. The van der Waals surface area contributed by atoms with Gasteiger partial charge in [-0.2, -0.15) is 18.2 Å². The van der Waals surface area contributed by atoms with Gasteiger partial charge in [-0.05, 0) is 18.1 Å². The molecule has 1 aromatic carbocycles. The van der Waals surface area contributed by atoms with Crippen molar-refractivity contribution < 1.29 is 27.1 Å². The lowest BCUT2D eigenvalue weighted by Gasteiger charge is -2.21. The summed E-state index contributed by atoms with van der Waals surface area (Å²) in [6.07, 6.45) is -4.80. The summed E-state index contributed by atoms with van der Waals surface area (Å²) in [5, 5.41) is 14.1. The van der Waals surface area contributed by atoms with E-state index < -0.39 is 47.0 Å². The third-order valence-corrected chi connectivity index (χ3v) is 3.55. The van der Waals surface area contributed by atoms with E-state index in [1.807, 2.05) is 0 Å². The molecule has 26 heavy (non-hydrogen) atoms. The van der Waals surface area contributed by atoms with Gasteiger partial charge in [0.15, 0.2) is 5.69 Å². The lowest BCUT2D eigenvalue weighted by atomic mass is 10.1. The maximum atomic E-state index is 13.7. The molecule has 10 heteroatoms. The standard InChI is InChI=1S/C16H17F5N4O/c1-8(2)11(7-26)22-15-23-12(16(19,20)21)6-13(25-15)24-14-9(17)4-3-5-10(14)18/h3-6,8,11,26H,7H2,1-2H3,(H2,22,23,24,25)/t11-/m1/s1. The first-order valence-electron chi connectivity index (χ1n) is 7.66. The normalized spacial score (nSPS) is 13.0. The largest absolute Gasteiger partial charge is 0.433 e. The van der Waals surface area contributed by atoms with E-state index in [1.165, 1.54) is 0 Å². The number of alkyl halides is 3. The predicted molar refractivity (Wildman–Crippen MR) is 86.0 cm³/mol. The molecule has 1 aromatic heterocycles. The van der Waals surface area contributed by atoms with Gasteiger partial charge in [0.05, 0.1) is 12.6 Å². The molecule has 1 heterocycles. The zero-order valence-corrected chi connectivity index (χ0v) is 13.9. The highest BCUT2D eigenvalue weighted by atomic mass is 19.4. The van der Waals surface area contributed by atoms with Gasteiger partial charge in [0.2, 0.25) is 5.95 Å². The van der Waals surface area contributed by atoms with Crippen molar-refractivity contribution in [3.63, 3.8) is 0 Å². The fourth-order valence-corrected chi connectivity index (χ4v) is 2.06. The van der Waals surface area contributed by atoms with E-state index >= 15 is 0 Å². The molecule has 2 rings (SSSR count). The zero-order chi connectivity index (χ0) is 19.5. The van der Waals surface area contributed by atoms with Crippen LogP contribution >= 0.6 is 0 Å². The number of benzene rings is 1. The summed E-state index contributed by atoms with van der Waals surface area (Å²) in [6.45, 7) is 3.13. The van der Waals surface area contributed by atoms with Gasteiger partial charge in [-0.3, -0.25) is 0 Å². The number of para-hydroxylation sites is 1. The third-order valence-electron chi connectivity index (χ3n) is 3.55. The van der Waals surface area contributed by atoms with Crippen molar-refractivity contribution >= 4 is 17.5 Å². The summed E-state index contributed by atoms with van der Waals surface area (Å²) < 4.78 is 66.7. The van der Waals surface area contributed by atoms with E-state index in [4.69, 9.17) is 0 Å². The van der Waals surface area contributed by atoms with Crippen LogP contribution in [0.25, 0.3) is 0 Å². The Kier molecular flexibility index (Phi) is 5.96. The molecule has 0 spiro atoms. The quantitative estimate of drug-likeness (QED) is 0.666. The SMILES string of the molecule is CC(C)[C@@H](CO)Nc1nc(Nc2c(F)cccc2F)cc(C(F)(F)F)n1. The van der Waals surface area contributed by atoms with Gasteiger partial charge < -0.3 is 15.7 Å². The first-order valence-corrected chi connectivity index (χ1v) is 7.66. The molecule has 2 aromatic rings. The summed E-state index contributed by atoms with van der Waals surface area (Å²) in [4.78, 5) is 7.19. The fourth-order valence-electron chi connectivity index (χ4n) is 2.06. The molecule has 0 fully saturated rings. The molecule has 0 saturated carbocycles. The van der Waals surface area contributed by atoms with Crippen molar-refractivity contribution in [1.82, 2.24) is 9.97 Å². The van der Waals surface area contributed by atoms with Crippen molar-refractivity contribution in [3.05, 3.63) is 41.6 Å². The minimum Gasteiger partial charge on any atom is -0.394 e. The second-order valence-corrected chi connectivity index (χ2v) is 5.86. The minimum atomic E-state index is -4.80. The second kappa shape index (κ2) is 7.81. The van der Waals surface area contributed by atoms with E-state index in [-0.39, 0.29) is 12.5 Å². The topological polar surface area (TPSA) is 70.1 Å². The molecule has 0 amide bonds. The molecule has 0 aliphatic heterocycles. The molecule has 0 aliphatic rings. The first-order chi connectivity index (χ1) is 12.1. The number of rotatable bonds is 6. The highest BCUT2D eigenvalue weighted by molar-refractivity contribution is 5.59. The van der Waals surface area contributed by atoms with Gasteiger partial charge in [-0.25, -0.2) is 13.8 Å². The average Bonchev–Trinajstić information content (AvgIpc) is 2.55. The summed E-state index contributed by atoms with van der Waals surface area (Å²) in [5.74, 6) is -2.96. The molecule has 1 atom stereocenters. The molecule has 0 saturated heterocycles. The van der Waals surface area contributed by atoms with Crippen LogP contribution in [0.4, 0.5) is 39.4 Å². The van der Waals surface area contributed by atoms with Gasteiger partial charge >= 0.3 is 6.18 Å². The van der Waals surface area contributed by atoms with Crippen molar-refractivity contribution in [3.8, 4) is 0 Å². The Morgan fingerprint density at radius 1 is 1.12 bits per heavy atom. The molecule has 0 aliphatic carbocycles. The van der Waals surface area contributed by atoms with Crippen LogP contribution in [0.15, 0.2) is 24.3 Å². The van der Waals surface area contributed by atoms with E-state index in [2.05, 4.69) is 20.6 Å². The molecule has 142 valence electrons. The Morgan fingerprint density at radius 2 is 1.73 bits per heavy atom. The number of aliphatic hydroxyl groups excluding tert-OH is 1. The van der Waals surface area contributed by atoms with E-state index in [0.717, 1.165) is 18.2 Å². The number of hydrogen-bond donors (Lipinski definition) is 3. The maximum Gasteiger partial charge on any atom is 0.433 e. The lowest BCUT2D eigenvalue weighted by molar-refractivity contribution is -0.141. The average molecular weight is 376 g/mol. The summed E-state index contributed by atoms with van der Waals surface area (Å²) in [7, 11) is 0. The van der Waals surface area contributed by atoms with Crippen LogP contribution in [0.1, 0.15) is 19.5 Å². The van der Waals surface area contributed by atoms with E-state index in [9.17, 15) is 27.1 Å². The van der Waals surface area contributed by atoms with Gasteiger partial charge in [0.25, 0.3) is 0 Å². The number of anilines is 3. The highest BCUT2D eigenvalue weighted by Crippen LogP contribution is 2.31. The Bertz CT molecular complexity index is 747. The number of halogens is 5. The number of nitrogens with zero attached hydrogens (tertiary/aromatic N) is 2. The van der Waals surface area contributed by atoms with Crippen molar-refractivity contribution in [2.75, 3.05) is 17.2 Å². The Labute approximate surface area is 146 Å². The van der Waals surface area contributed by atoms with Crippen LogP contribution in [-0.4, -0.2) is 27.7 Å². The highest BCUT2D eigenvalue weighted by Gasteiger charge is 2.34. The van der Waals surface area contributed by atoms with Crippen molar-refractivity contribution in [2.45, 2.75) is 26.1 Å². The summed E-state index contributed by atoms with van der Waals surface area (Å²) >= 11 is 0. The molecule has 0 unspecified atom stereocenters. The second-order valence-electron chi connectivity index (χ2n) is 5.86. The number of hydrogen-bond acceptors (Lipinski definition) is 5. The predicted octanol–water partition coefficient (Wildman–Crippen LogP) is 3.95. The maximum absolute atomic E-state index is 13.7. The van der Waals surface area contributed by atoms with Crippen LogP contribution in [0.2, 0.25) is 0 Å². The van der Waals surface area contributed by atoms with Crippen molar-refractivity contribution in [1.29, 1.82) is 0 Å². The number of aromatic nitrogens is 2. The first kappa shape index (κ1) is 19.8. The minimum absolute atomic E-state index is 0.126. The van der Waals surface area contributed by atoms with Gasteiger partial charge in [0.1, 0.15) is 23.1 Å². The molecular weight excluding hydrogens is 359 g/mol. The van der Waals surface area contributed by atoms with Crippen LogP contribution in [0.5, 0.6) is 0 Å². The Balaban J connectivity index is 2.43. The van der Waals surface area contributed by atoms with Crippen LogP contribution < -0.4 is 10.6 Å².